The fraction of sp³-hybridized carbons (Fsp3) is 0.281. The molecule has 1 N–H and O–H groups in total. The summed E-state index contributed by atoms with van der Waals surface area (Å²) in [6.45, 7) is 2.89. The summed E-state index contributed by atoms with van der Waals surface area (Å²) in [6, 6.07) is 14.6. The number of benzene rings is 2. The number of rotatable bonds is 8. The van der Waals surface area contributed by atoms with E-state index in [2.05, 4.69) is 35.3 Å². The minimum atomic E-state index is -4.62. The number of fused-ring (bicyclic) bond motifs is 1. The highest BCUT2D eigenvalue weighted by atomic mass is 19.4. The van der Waals surface area contributed by atoms with E-state index in [1.165, 1.54) is 28.7 Å². The van der Waals surface area contributed by atoms with Gasteiger partial charge in [0.15, 0.2) is 0 Å². The molecule has 0 bridgehead atoms. The summed E-state index contributed by atoms with van der Waals surface area (Å²) in [5.74, 6) is -0.770. The highest BCUT2D eigenvalue weighted by Gasteiger charge is 2.41. The van der Waals surface area contributed by atoms with E-state index in [-0.39, 0.29) is 22.9 Å². The number of H-pyrrole nitrogens is 1. The van der Waals surface area contributed by atoms with Crippen molar-refractivity contribution in [3.05, 3.63) is 117 Å². The lowest BCUT2D eigenvalue weighted by Gasteiger charge is -2.36. The lowest BCUT2D eigenvalue weighted by Crippen LogP contribution is -2.41. The number of anilines is 2. The molecule has 13 heteroatoms. The molecule has 0 fully saturated rings. The van der Waals surface area contributed by atoms with Crippen molar-refractivity contribution >= 4 is 17.6 Å². The van der Waals surface area contributed by atoms with Gasteiger partial charge in [0.25, 0.3) is 0 Å². The van der Waals surface area contributed by atoms with Crippen molar-refractivity contribution in [1.29, 1.82) is 5.26 Å². The minimum absolute atomic E-state index is 0.00234. The van der Waals surface area contributed by atoms with Crippen molar-refractivity contribution in [3.63, 3.8) is 0 Å². The second kappa shape index (κ2) is 12.0. The Morgan fingerprint density at radius 2 is 1.93 bits per heavy atom. The summed E-state index contributed by atoms with van der Waals surface area (Å²) in [4.78, 5) is 32.4. The molecule has 4 aromatic rings. The highest BCUT2D eigenvalue weighted by Crippen LogP contribution is 2.43. The molecule has 3 heterocycles. The zero-order valence-electron chi connectivity index (χ0n) is 25.1. The summed E-state index contributed by atoms with van der Waals surface area (Å²) in [7, 11) is 5.33. The summed E-state index contributed by atoms with van der Waals surface area (Å²) < 4.78 is 47.9. The van der Waals surface area contributed by atoms with Crippen molar-refractivity contribution in [2.75, 3.05) is 32.6 Å². The third kappa shape index (κ3) is 6.23. The average Bonchev–Trinajstić information content (AvgIpc) is 3.39. The first-order chi connectivity index (χ1) is 21.3. The number of nitrogens with zero attached hydrogens (tertiary/aromatic N) is 6. The van der Waals surface area contributed by atoms with Gasteiger partial charge in [0, 0.05) is 35.8 Å². The Balaban J connectivity index is 1.65. The fourth-order valence-corrected chi connectivity index (χ4v) is 5.73. The third-order valence-corrected chi connectivity index (χ3v) is 7.87. The number of ether oxygens (including phenoxy) is 1. The standard InChI is InChI=1S/C32H30F3N7O3/c1-20-27(29(43)45-4)28(41-30(38-39-31(41)44)40(20)25-9-5-8-24(16-25)32(33,34)35)26-11-10-21(17-36)15-23(26)12-14-42(2,3)19-22-7-6-13-37-18-22/h5-11,13,15-16,18,28H,12,14,19H2,1-4H3/p+1/t28-/m1/s1. The quantitative estimate of drug-likeness (QED) is 0.221. The Kier molecular flexibility index (Phi) is 8.36. The van der Waals surface area contributed by atoms with Gasteiger partial charge < -0.3 is 9.22 Å². The Morgan fingerprint density at radius 3 is 2.60 bits per heavy atom. The first-order valence-electron chi connectivity index (χ1n) is 14.0. The van der Waals surface area contributed by atoms with E-state index >= 15 is 0 Å². The molecule has 5 rings (SSSR count). The van der Waals surface area contributed by atoms with Crippen LogP contribution in [-0.4, -0.2) is 58.0 Å². The number of likely N-dealkylation sites (N-methyl/N-ethyl adjacent to an activating group) is 1. The van der Waals surface area contributed by atoms with E-state index in [0.717, 1.165) is 23.3 Å². The van der Waals surface area contributed by atoms with E-state index in [1.807, 2.05) is 18.3 Å². The molecular formula is C32H31F3N7O3+. The van der Waals surface area contributed by atoms with E-state index in [4.69, 9.17) is 4.74 Å². The van der Waals surface area contributed by atoms with Gasteiger partial charge in [0.1, 0.15) is 12.6 Å². The van der Waals surface area contributed by atoms with E-state index < -0.39 is 29.4 Å². The summed E-state index contributed by atoms with van der Waals surface area (Å²) >= 11 is 0. The fourth-order valence-electron chi connectivity index (χ4n) is 5.73. The topological polar surface area (TPSA) is 117 Å². The molecule has 2 aromatic heterocycles. The number of pyridine rings is 1. The first-order valence-corrected chi connectivity index (χ1v) is 14.0. The van der Waals surface area contributed by atoms with Gasteiger partial charge in [-0.15, -0.1) is 5.10 Å². The number of quaternary nitrogens is 1. The van der Waals surface area contributed by atoms with Gasteiger partial charge in [0.05, 0.1) is 50.5 Å². The predicted molar refractivity (Wildman–Crippen MR) is 159 cm³/mol. The maximum Gasteiger partial charge on any atom is 0.416 e. The summed E-state index contributed by atoms with van der Waals surface area (Å²) in [5, 5.41) is 16.3. The molecule has 232 valence electrons. The summed E-state index contributed by atoms with van der Waals surface area (Å²) in [5.41, 5.74) is 1.48. The molecule has 0 saturated heterocycles. The van der Waals surface area contributed by atoms with Gasteiger partial charge in [-0.05, 0) is 54.4 Å². The number of alkyl halides is 3. The van der Waals surface area contributed by atoms with Crippen LogP contribution in [0.1, 0.15) is 40.8 Å². The predicted octanol–water partition coefficient (Wildman–Crippen LogP) is 4.86. The van der Waals surface area contributed by atoms with Gasteiger partial charge in [-0.2, -0.15) is 18.4 Å². The lowest BCUT2D eigenvalue weighted by atomic mass is 9.89. The number of halogens is 3. The van der Waals surface area contributed by atoms with Crippen LogP contribution in [0.3, 0.4) is 0 Å². The number of carbonyl (C=O) groups is 1. The van der Waals surface area contributed by atoms with Crippen molar-refractivity contribution in [2.45, 2.75) is 32.1 Å². The van der Waals surface area contributed by atoms with Crippen LogP contribution in [0.2, 0.25) is 0 Å². The zero-order valence-corrected chi connectivity index (χ0v) is 25.1. The number of hydrogen-bond acceptors (Lipinski definition) is 7. The smallest absolute Gasteiger partial charge is 0.416 e. The van der Waals surface area contributed by atoms with Gasteiger partial charge >= 0.3 is 17.8 Å². The maximum atomic E-state index is 13.7. The number of methoxy groups -OCH3 is 1. The molecule has 0 spiro atoms. The Bertz CT molecular complexity index is 1870. The minimum Gasteiger partial charge on any atom is -0.466 e. The third-order valence-electron chi connectivity index (χ3n) is 7.87. The molecule has 0 radical (unpaired) electrons. The number of esters is 1. The maximum absolute atomic E-state index is 13.7. The van der Waals surface area contributed by atoms with Gasteiger partial charge in [0.2, 0.25) is 5.95 Å². The molecule has 10 nitrogen and oxygen atoms in total. The molecule has 0 amide bonds. The van der Waals surface area contributed by atoms with Crippen LogP contribution < -0.4 is 10.6 Å². The molecule has 45 heavy (non-hydrogen) atoms. The van der Waals surface area contributed by atoms with Crippen molar-refractivity contribution in [3.8, 4) is 6.07 Å². The average molecular weight is 619 g/mol. The SMILES string of the molecule is COC(=O)C1=C(C)N(c2cccc(C(F)(F)F)c2)c2n[nH]c(=O)n2[C@@H]1c1ccc(C#N)cc1CC[N+](C)(C)Cc1cccnc1. The number of hydrogen-bond donors (Lipinski definition) is 1. The van der Waals surface area contributed by atoms with Crippen LogP contribution in [-0.2, 0) is 28.7 Å². The van der Waals surface area contributed by atoms with E-state index in [9.17, 15) is 28.0 Å². The molecule has 0 aliphatic carbocycles. The van der Waals surface area contributed by atoms with E-state index in [0.29, 0.717) is 35.1 Å². The van der Waals surface area contributed by atoms with Crippen LogP contribution in [0, 0.1) is 11.3 Å². The highest BCUT2D eigenvalue weighted by molar-refractivity contribution is 5.93. The molecule has 0 unspecified atom stereocenters. The normalized spacial score (nSPS) is 15.1. The Morgan fingerprint density at radius 1 is 1.16 bits per heavy atom. The second-order valence-electron chi connectivity index (χ2n) is 11.4. The second-order valence-corrected chi connectivity index (χ2v) is 11.4. The van der Waals surface area contributed by atoms with Gasteiger partial charge in [-0.1, -0.05) is 18.2 Å². The Hall–Kier alpha value is -5.22. The Labute approximate surface area is 257 Å². The molecular weight excluding hydrogens is 587 g/mol. The molecule has 1 aliphatic rings. The molecule has 0 saturated carbocycles. The van der Waals surface area contributed by atoms with Crippen LogP contribution in [0.5, 0.6) is 0 Å². The number of nitrogens with one attached hydrogen (secondary N) is 1. The van der Waals surface area contributed by atoms with Crippen LogP contribution >= 0.6 is 0 Å². The van der Waals surface area contributed by atoms with E-state index in [1.54, 1.807) is 31.3 Å². The van der Waals surface area contributed by atoms with Crippen LogP contribution in [0.25, 0.3) is 0 Å². The number of carbonyl (C=O) groups excluding carboxylic acids is 1. The summed E-state index contributed by atoms with van der Waals surface area (Å²) in [6.07, 6.45) is -0.630. The van der Waals surface area contributed by atoms with Crippen molar-refractivity contribution in [1.82, 2.24) is 19.7 Å². The number of aromatic nitrogens is 4. The van der Waals surface area contributed by atoms with Crippen molar-refractivity contribution in [2.24, 2.45) is 0 Å². The lowest BCUT2D eigenvalue weighted by molar-refractivity contribution is -0.903. The largest absolute Gasteiger partial charge is 0.466 e. The first kappa shape index (κ1) is 31.2. The number of nitriles is 1. The molecule has 2 aromatic carbocycles. The monoisotopic (exact) mass is 618 g/mol. The van der Waals surface area contributed by atoms with Crippen molar-refractivity contribution < 1.29 is 27.2 Å². The zero-order chi connectivity index (χ0) is 32.5. The molecule has 1 aliphatic heterocycles. The van der Waals surface area contributed by atoms with Gasteiger partial charge in [-0.3, -0.25) is 9.88 Å². The molecule has 1 atom stereocenters. The van der Waals surface area contributed by atoms with Gasteiger partial charge in [-0.25, -0.2) is 19.3 Å². The van der Waals surface area contributed by atoms with Crippen LogP contribution in [0.4, 0.5) is 24.8 Å². The van der Waals surface area contributed by atoms with Crippen LogP contribution in [0.15, 0.2) is 83.1 Å². The number of aromatic amines is 1. The number of allylic oxidation sites excluding steroid dienone is 1.